The molecule has 0 unspecified atom stereocenters. The fourth-order valence-electron chi connectivity index (χ4n) is 0.796. The van der Waals surface area contributed by atoms with E-state index < -0.39 is 0 Å². The predicted octanol–water partition coefficient (Wildman–Crippen LogP) is 0.726. The maximum atomic E-state index is 8.42. The highest BCUT2D eigenvalue weighted by molar-refractivity contribution is 5.13. The summed E-state index contributed by atoms with van der Waals surface area (Å²) in [5.74, 6) is 0. The Morgan fingerprint density at radius 3 is 2.50 bits per heavy atom. The van der Waals surface area contributed by atoms with E-state index in [1.165, 1.54) is 5.56 Å². The quantitative estimate of drug-likeness (QED) is 0.602. The van der Waals surface area contributed by atoms with Crippen LogP contribution in [-0.2, 0) is 6.54 Å². The molecular formula is C8H11NO. The Labute approximate surface area is 60.5 Å². The summed E-state index contributed by atoms with van der Waals surface area (Å²) in [6.45, 7) is 0.770. The fourth-order valence-corrected chi connectivity index (χ4v) is 0.796. The van der Waals surface area contributed by atoms with Crippen molar-refractivity contribution < 1.29 is 5.11 Å². The van der Waals surface area contributed by atoms with E-state index in [-0.39, 0.29) is 6.73 Å². The normalized spacial score (nSPS) is 9.70. The van der Waals surface area contributed by atoms with Gasteiger partial charge >= 0.3 is 0 Å². The third-order valence-electron chi connectivity index (χ3n) is 1.28. The minimum atomic E-state index is 0.0366. The number of hydrogen-bond donors (Lipinski definition) is 2. The van der Waals surface area contributed by atoms with Gasteiger partial charge in [-0.3, -0.25) is 5.32 Å². The zero-order chi connectivity index (χ0) is 7.23. The Hall–Kier alpha value is -0.860. The number of nitrogens with one attached hydrogen (secondary N) is 1. The maximum absolute atomic E-state index is 8.42. The lowest BCUT2D eigenvalue weighted by atomic mass is 10.2. The molecule has 0 spiro atoms. The van der Waals surface area contributed by atoms with Crippen LogP contribution >= 0.6 is 0 Å². The number of hydrogen-bond acceptors (Lipinski definition) is 2. The summed E-state index contributed by atoms with van der Waals surface area (Å²) in [6.07, 6.45) is 0. The molecule has 0 aliphatic rings. The highest BCUT2D eigenvalue weighted by Gasteiger charge is 1.86. The molecule has 0 aliphatic carbocycles. The first-order chi connectivity index (χ1) is 4.93. The highest BCUT2D eigenvalue weighted by Crippen LogP contribution is 1.95. The fraction of sp³-hybridized carbons (Fsp3) is 0.250. The van der Waals surface area contributed by atoms with E-state index in [9.17, 15) is 0 Å². The van der Waals surface area contributed by atoms with E-state index >= 15 is 0 Å². The molecule has 1 rings (SSSR count). The van der Waals surface area contributed by atoms with Crippen LogP contribution in [-0.4, -0.2) is 11.8 Å². The molecule has 10 heavy (non-hydrogen) atoms. The summed E-state index contributed by atoms with van der Waals surface area (Å²) < 4.78 is 0. The van der Waals surface area contributed by atoms with Crippen molar-refractivity contribution in [1.82, 2.24) is 5.32 Å². The van der Waals surface area contributed by atoms with Crippen LogP contribution < -0.4 is 5.32 Å². The lowest BCUT2D eigenvalue weighted by Gasteiger charge is -1.98. The number of rotatable bonds is 3. The molecule has 0 heterocycles. The summed E-state index contributed by atoms with van der Waals surface area (Å²) in [5.41, 5.74) is 1.19. The first kappa shape index (κ1) is 7.25. The number of aliphatic hydroxyl groups is 1. The SMILES string of the molecule is OCNCc1ccccc1. The lowest BCUT2D eigenvalue weighted by molar-refractivity contribution is 0.259. The van der Waals surface area contributed by atoms with Crippen LogP contribution in [0.4, 0.5) is 0 Å². The van der Waals surface area contributed by atoms with E-state index in [1.54, 1.807) is 0 Å². The second kappa shape index (κ2) is 4.04. The van der Waals surface area contributed by atoms with Gasteiger partial charge in [-0.15, -0.1) is 0 Å². The Kier molecular flexibility index (Phi) is 2.93. The van der Waals surface area contributed by atoms with Crippen molar-refractivity contribution >= 4 is 0 Å². The predicted molar refractivity (Wildman–Crippen MR) is 40.4 cm³/mol. The van der Waals surface area contributed by atoms with Crippen molar-refractivity contribution in [2.24, 2.45) is 0 Å². The van der Waals surface area contributed by atoms with E-state index in [0.29, 0.717) is 0 Å². The molecule has 0 saturated carbocycles. The molecule has 1 aromatic rings. The van der Waals surface area contributed by atoms with Gasteiger partial charge in [0.15, 0.2) is 0 Å². The monoisotopic (exact) mass is 137 g/mol. The Balaban J connectivity index is 2.43. The van der Waals surface area contributed by atoms with Crippen LogP contribution in [0.15, 0.2) is 30.3 Å². The van der Waals surface area contributed by atoms with Crippen LogP contribution in [0.3, 0.4) is 0 Å². The Bertz CT molecular complexity index is 174. The van der Waals surface area contributed by atoms with E-state index in [2.05, 4.69) is 5.32 Å². The summed E-state index contributed by atoms with van der Waals surface area (Å²) in [7, 11) is 0. The van der Waals surface area contributed by atoms with Gasteiger partial charge in [0.1, 0.15) is 0 Å². The molecule has 0 fully saturated rings. The summed E-state index contributed by atoms with van der Waals surface area (Å²) in [5, 5.41) is 11.2. The molecule has 0 saturated heterocycles. The largest absolute Gasteiger partial charge is 0.381 e. The molecule has 0 aromatic heterocycles. The maximum Gasteiger partial charge on any atom is 0.0934 e. The molecule has 2 nitrogen and oxygen atoms in total. The number of benzene rings is 1. The molecule has 0 amide bonds. The minimum Gasteiger partial charge on any atom is -0.381 e. The van der Waals surface area contributed by atoms with Gasteiger partial charge in [-0.2, -0.15) is 0 Å². The standard InChI is InChI=1S/C8H11NO/c10-7-9-6-8-4-2-1-3-5-8/h1-5,9-10H,6-7H2. The Morgan fingerprint density at radius 1 is 1.20 bits per heavy atom. The van der Waals surface area contributed by atoms with Gasteiger partial charge in [-0.05, 0) is 5.56 Å². The van der Waals surface area contributed by atoms with Gasteiger partial charge in [-0.25, -0.2) is 0 Å². The molecule has 0 radical (unpaired) electrons. The van der Waals surface area contributed by atoms with Crippen LogP contribution in [0.5, 0.6) is 0 Å². The number of aliphatic hydroxyl groups excluding tert-OH is 1. The first-order valence-corrected chi connectivity index (χ1v) is 3.29. The first-order valence-electron chi connectivity index (χ1n) is 3.29. The minimum absolute atomic E-state index is 0.0366. The molecule has 0 aliphatic heterocycles. The van der Waals surface area contributed by atoms with Gasteiger partial charge in [0, 0.05) is 6.54 Å². The van der Waals surface area contributed by atoms with Crippen molar-refractivity contribution in [2.45, 2.75) is 6.54 Å². The molecule has 2 N–H and O–H groups in total. The van der Waals surface area contributed by atoms with Crippen molar-refractivity contribution in [3.05, 3.63) is 35.9 Å². The lowest BCUT2D eigenvalue weighted by Crippen LogP contribution is -2.13. The molecule has 0 atom stereocenters. The summed E-state index contributed by atoms with van der Waals surface area (Å²) in [6, 6.07) is 9.97. The van der Waals surface area contributed by atoms with Gasteiger partial charge in [0.05, 0.1) is 6.73 Å². The van der Waals surface area contributed by atoms with Crippen molar-refractivity contribution in [3.8, 4) is 0 Å². The average molecular weight is 137 g/mol. The average Bonchev–Trinajstić information content (AvgIpc) is 2.03. The third kappa shape index (κ3) is 2.17. The van der Waals surface area contributed by atoms with Crippen LogP contribution in [0.2, 0.25) is 0 Å². The van der Waals surface area contributed by atoms with Crippen molar-refractivity contribution in [1.29, 1.82) is 0 Å². The van der Waals surface area contributed by atoms with Crippen LogP contribution in [0.1, 0.15) is 5.56 Å². The van der Waals surface area contributed by atoms with Gasteiger partial charge < -0.3 is 5.11 Å². The summed E-state index contributed by atoms with van der Waals surface area (Å²) in [4.78, 5) is 0. The van der Waals surface area contributed by atoms with Crippen LogP contribution in [0.25, 0.3) is 0 Å². The molecule has 1 aromatic carbocycles. The molecule has 2 heteroatoms. The highest BCUT2D eigenvalue weighted by atomic mass is 16.3. The van der Waals surface area contributed by atoms with Gasteiger partial charge in [0.25, 0.3) is 0 Å². The van der Waals surface area contributed by atoms with Crippen molar-refractivity contribution in [3.63, 3.8) is 0 Å². The zero-order valence-electron chi connectivity index (χ0n) is 5.75. The second-order valence-corrected chi connectivity index (χ2v) is 2.07. The van der Waals surface area contributed by atoms with E-state index in [1.807, 2.05) is 30.3 Å². The smallest absolute Gasteiger partial charge is 0.0934 e. The topological polar surface area (TPSA) is 32.3 Å². The molecule has 54 valence electrons. The van der Waals surface area contributed by atoms with Crippen LogP contribution in [0, 0.1) is 0 Å². The Morgan fingerprint density at radius 2 is 1.90 bits per heavy atom. The van der Waals surface area contributed by atoms with Gasteiger partial charge in [-0.1, -0.05) is 30.3 Å². The van der Waals surface area contributed by atoms with E-state index in [0.717, 1.165) is 6.54 Å². The van der Waals surface area contributed by atoms with Crippen molar-refractivity contribution in [2.75, 3.05) is 6.73 Å². The molecule has 0 bridgehead atoms. The zero-order valence-corrected chi connectivity index (χ0v) is 5.75. The summed E-state index contributed by atoms with van der Waals surface area (Å²) >= 11 is 0. The van der Waals surface area contributed by atoms with E-state index in [4.69, 9.17) is 5.11 Å². The second-order valence-electron chi connectivity index (χ2n) is 2.07. The van der Waals surface area contributed by atoms with Gasteiger partial charge in [0.2, 0.25) is 0 Å². The molecular weight excluding hydrogens is 126 g/mol. The third-order valence-corrected chi connectivity index (χ3v) is 1.28.